The number of aromatic nitrogens is 4. The number of fused-ring (bicyclic) bond motifs is 1. The maximum absolute atomic E-state index is 13.5. The van der Waals surface area contributed by atoms with E-state index in [1.807, 2.05) is 66.7 Å². The molecule has 5 aromatic rings. The number of ether oxygens (including phenoxy) is 2. The summed E-state index contributed by atoms with van der Waals surface area (Å²) in [5.74, 6) is -1.04. The standard InChI is InChI=1S/C39H37N9O6/c1-2-53-34(50)23-47(33(49)22-48-26-43-35-36(41-25-42-37(35)48)44-39(52)54-24-27-8-4-3-5-9-27)21-20-40-38(51)30-14-18-32(19-15-30)46-45-31-16-12-29(13-17-31)28-10-6-7-11-28/h3-19,25-26,28H,2,20-24H2,1H3,(H,40,51)(H,41,42,44,52). The van der Waals surface area contributed by atoms with E-state index in [0.717, 1.165) is 5.56 Å². The highest BCUT2D eigenvalue weighted by molar-refractivity contribution is 5.95. The fourth-order valence-corrected chi connectivity index (χ4v) is 5.46. The van der Waals surface area contributed by atoms with E-state index in [2.05, 4.69) is 48.0 Å². The van der Waals surface area contributed by atoms with Crippen LogP contribution >= 0.6 is 0 Å². The molecular weight excluding hydrogens is 690 g/mol. The van der Waals surface area contributed by atoms with Crippen molar-refractivity contribution in [2.24, 2.45) is 10.2 Å². The highest BCUT2D eigenvalue weighted by atomic mass is 16.5. The summed E-state index contributed by atoms with van der Waals surface area (Å²) in [5.41, 5.74) is 4.17. The van der Waals surface area contributed by atoms with E-state index in [1.165, 1.54) is 27.7 Å². The molecule has 6 rings (SSSR count). The molecule has 2 N–H and O–H groups in total. The molecule has 1 aliphatic rings. The molecule has 54 heavy (non-hydrogen) atoms. The van der Waals surface area contributed by atoms with Crippen LogP contribution < -0.4 is 10.6 Å². The number of hydrogen-bond donors (Lipinski definition) is 2. The molecule has 2 heterocycles. The van der Waals surface area contributed by atoms with Gasteiger partial charge in [0.05, 0.1) is 24.3 Å². The van der Waals surface area contributed by atoms with Crippen molar-refractivity contribution in [3.63, 3.8) is 0 Å². The number of nitrogens with one attached hydrogen (secondary N) is 2. The first-order valence-electron chi connectivity index (χ1n) is 17.2. The lowest BCUT2D eigenvalue weighted by Gasteiger charge is -2.22. The number of hydrogen-bond acceptors (Lipinski definition) is 11. The molecule has 0 fully saturated rings. The van der Waals surface area contributed by atoms with Gasteiger partial charge in [-0.15, -0.1) is 0 Å². The SMILES string of the molecule is CCOC(=O)CN(CCNC(=O)c1ccc(N=Nc2ccc(C3C=CC=C3)cc2)cc1)C(=O)Cn1cnc2c(NC(=O)OCc3ccccc3)ncnc21. The molecule has 3 amide bonds. The second kappa shape index (κ2) is 17.9. The van der Waals surface area contributed by atoms with E-state index >= 15 is 0 Å². The molecule has 0 atom stereocenters. The van der Waals surface area contributed by atoms with Crippen LogP contribution in [0.4, 0.5) is 22.0 Å². The molecule has 15 nitrogen and oxygen atoms in total. The second-order valence-corrected chi connectivity index (χ2v) is 12.0. The maximum atomic E-state index is 13.5. The summed E-state index contributed by atoms with van der Waals surface area (Å²) in [7, 11) is 0. The molecule has 1 aliphatic carbocycles. The molecule has 0 bridgehead atoms. The first kappa shape index (κ1) is 36.8. The number of benzene rings is 3. The summed E-state index contributed by atoms with van der Waals surface area (Å²) in [4.78, 5) is 65.2. The molecular formula is C39H37N9O6. The number of carbonyl (C=O) groups excluding carboxylic acids is 4. The van der Waals surface area contributed by atoms with Gasteiger partial charge < -0.3 is 24.3 Å². The third-order valence-corrected chi connectivity index (χ3v) is 8.22. The van der Waals surface area contributed by atoms with Crippen LogP contribution in [0.1, 0.15) is 34.3 Å². The zero-order valence-electron chi connectivity index (χ0n) is 29.4. The number of imidazole rings is 1. The highest BCUT2D eigenvalue weighted by Gasteiger charge is 2.21. The first-order chi connectivity index (χ1) is 26.4. The Bertz CT molecular complexity index is 2170. The number of nitrogens with zero attached hydrogens (tertiary/aromatic N) is 7. The summed E-state index contributed by atoms with van der Waals surface area (Å²) in [6, 6.07) is 23.7. The van der Waals surface area contributed by atoms with E-state index < -0.39 is 18.0 Å². The minimum Gasteiger partial charge on any atom is -0.465 e. The molecule has 0 saturated carbocycles. The summed E-state index contributed by atoms with van der Waals surface area (Å²) >= 11 is 0. The van der Waals surface area contributed by atoms with Gasteiger partial charge in [0, 0.05) is 24.6 Å². The maximum Gasteiger partial charge on any atom is 0.413 e. The fourth-order valence-electron chi connectivity index (χ4n) is 5.46. The van der Waals surface area contributed by atoms with Gasteiger partial charge in [-0.25, -0.2) is 19.7 Å². The van der Waals surface area contributed by atoms with Gasteiger partial charge in [-0.3, -0.25) is 19.7 Å². The molecule has 0 unspecified atom stereocenters. The molecule has 0 aliphatic heterocycles. The molecule has 15 heteroatoms. The quantitative estimate of drug-likeness (QED) is 0.0962. The van der Waals surface area contributed by atoms with E-state index in [0.29, 0.717) is 16.9 Å². The van der Waals surface area contributed by atoms with Crippen molar-refractivity contribution < 1.29 is 28.7 Å². The minimum absolute atomic E-state index is 0.0173. The molecule has 2 aromatic heterocycles. The number of rotatable bonds is 15. The summed E-state index contributed by atoms with van der Waals surface area (Å²) in [6.45, 7) is 1.37. The van der Waals surface area contributed by atoms with Crippen LogP contribution in [-0.4, -0.2) is 74.5 Å². The summed E-state index contributed by atoms with van der Waals surface area (Å²) in [5, 5.41) is 13.9. The smallest absolute Gasteiger partial charge is 0.413 e. The lowest BCUT2D eigenvalue weighted by molar-refractivity contribution is -0.149. The van der Waals surface area contributed by atoms with E-state index in [4.69, 9.17) is 9.47 Å². The minimum atomic E-state index is -0.735. The van der Waals surface area contributed by atoms with Gasteiger partial charge in [-0.05, 0) is 54.4 Å². The van der Waals surface area contributed by atoms with E-state index in [1.54, 1.807) is 31.2 Å². The Morgan fingerprint density at radius 1 is 0.852 bits per heavy atom. The lowest BCUT2D eigenvalue weighted by atomic mass is 10.0. The molecule has 0 radical (unpaired) electrons. The number of anilines is 1. The van der Waals surface area contributed by atoms with Crippen LogP contribution in [0.25, 0.3) is 11.2 Å². The van der Waals surface area contributed by atoms with Gasteiger partial charge in [-0.2, -0.15) is 10.2 Å². The molecule has 0 spiro atoms. The van der Waals surface area contributed by atoms with Crippen molar-refractivity contribution in [2.75, 3.05) is 31.6 Å². The third-order valence-electron chi connectivity index (χ3n) is 8.22. The molecule has 3 aromatic carbocycles. The number of amides is 3. The fraction of sp³-hybridized carbons (Fsp3) is 0.205. The van der Waals surface area contributed by atoms with Crippen LogP contribution in [0.3, 0.4) is 0 Å². The Labute approximate surface area is 310 Å². The van der Waals surface area contributed by atoms with Crippen LogP contribution in [0, 0.1) is 0 Å². The second-order valence-electron chi connectivity index (χ2n) is 12.0. The predicted molar refractivity (Wildman–Crippen MR) is 199 cm³/mol. The number of allylic oxidation sites excluding steroid dienone is 4. The van der Waals surface area contributed by atoms with Crippen LogP contribution in [-0.2, 0) is 32.2 Å². The van der Waals surface area contributed by atoms with Crippen LogP contribution in [0.15, 0.2) is 126 Å². The van der Waals surface area contributed by atoms with Crippen molar-refractivity contribution in [3.8, 4) is 0 Å². The average Bonchev–Trinajstić information content (AvgIpc) is 3.88. The lowest BCUT2D eigenvalue weighted by Crippen LogP contribution is -2.43. The summed E-state index contributed by atoms with van der Waals surface area (Å²) in [6.07, 6.45) is 10.2. The largest absolute Gasteiger partial charge is 0.465 e. The van der Waals surface area contributed by atoms with Gasteiger partial charge in [-0.1, -0.05) is 66.8 Å². The highest BCUT2D eigenvalue weighted by Crippen LogP contribution is 2.26. The summed E-state index contributed by atoms with van der Waals surface area (Å²) < 4.78 is 11.8. The average molecular weight is 728 g/mol. The van der Waals surface area contributed by atoms with Crippen LogP contribution in [0.2, 0.25) is 0 Å². The monoisotopic (exact) mass is 727 g/mol. The zero-order chi connectivity index (χ0) is 37.7. The van der Waals surface area contributed by atoms with Gasteiger partial charge in [0.1, 0.15) is 26.0 Å². The zero-order valence-corrected chi connectivity index (χ0v) is 29.4. The van der Waals surface area contributed by atoms with Crippen molar-refractivity contribution in [1.82, 2.24) is 29.7 Å². The Kier molecular flexibility index (Phi) is 12.2. The van der Waals surface area contributed by atoms with Gasteiger partial charge in [0.15, 0.2) is 17.0 Å². The van der Waals surface area contributed by atoms with Crippen molar-refractivity contribution in [3.05, 3.63) is 133 Å². The van der Waals surface area contributed by atoms with Crippen molar-refractivity contribution in [1.29, 1.82) is 0 Å². The molecule has 274 valence electrons. The Morgan fingerprint density at radius 2 is 1.56 bits per heavy atom. The van der Waals surface area contributed by atoms with E-state index in [-0.39, 0.29) is 68.2 Å². The normalized spacial score (nSPS) is 12.2. The van der Waals surface area contributed by atoms with Crippen LogP contribution in [0.5, 0.6) is 0 Å². The van der Waals surface area contributed by atoms with Gasteiger partial charge >= 0.3 is 12.1 Å². The Balaban J connectivity index is 1.03. The Morgan fingerprint density at radius 3 is 2.26 bits per heavy atom. The van der Waals surface area contributed by atoms with Crippen molar-refractivity contribution >= 4 is 52.2 Å². The van der Waals surface area contributed by atoms with Crippen molar-refractivity contribution in [2.45, 2.75) is 26.0 Å². The third kappa shape index (κ3) is 9.85. The Hall–Kier alpha value is -7.03. The number of azo groups is 1. The van der Waals surface area contributed by atoms with Gasteiger partial charge in [0.2, 0.25) is 5.91 Å². The molecule has 0 saturated heterocycles. The number of esters is 1. The topological polar surface area (TPSA) is 182 Å². The first-order valence-corrected chi connectivity index (χ1v) is 17.2. The van der Waals surface area contributed by atoms with Gasteiger partial charge in [0.25, 0.3) is 5.91 Å². The predicted octanol–water partition coefficient (Wildman–Crippen LogP) is 6.02. The van der Waals surface area contributed by atoms with E-state index in [9.17, 15) is 19.2 Å². The number of carbonyl (C=O) groups is 4.